The molecule has 30 heavy (non-hydrogen) atoms. The lowest BCUT2D eigenvalue weighted by atomic mass is 10.2. The third-order valence-corrected chi connectivity index (χ3v) is 4.83. The van der Waals surface area contributed by atoms with Gasteiger partial charge in [0, 0.05) is 11.9 Å². The summed E-state index contributed by atoms with van der Waals surface area (Å²) in [4.78, 5) is 17.2. The Kier molecular flexibility index (Phi) is 4.61. The molecular weight excluding hydrogens is 376 g/mol. The van der Waals surface area contributed by atoms with Gasteiger partial charge in [-0.1, -0.05) is 48.5 Å². The second-order valence-corrected chi connectivity index (χ2v) is 6.82. The summed E-state index contributed by atoms with van der Waals surface area (Å²) < 4.78 is 5.53. The Morgan fingerprint density at radius 3 is 2.53 bits per heavy atom. The Bertz CT molecular complexity index is 1280. The number of fused-ring (bicyclic) bond motifs is 2. The molecule has 0 amide bonds. The van der Waals surface area contributed by atoms with Crippen LogP contribution in [0.2, 0.25) is 0 Å². The second kappa shape index (κ2) is 7.71. The van der Waals surface area contributed by atoms with Gasteiger partial charge in [-0.25, -0.2) is 9.97 Å². The normalized spacial score (nSPS) is 11.0. The van der Waals surface area contributed by atoms with Crippen molar-refractivity contribution in [2.24, 2.45) is 0 Å². The Balaban J connectivity index is 1.54. The molecule has 0 saturated heterocycles. The molecule has 7 heteroatoms. The van der Waals surface area contributed by atoms with Crippen LogP contribution in [0.25, 0.3) is 21.9 Å². The molecule has 0 aliphatic heterocycles. The topological polar surface area (TPSA) is 87.8 Å². The van der Waals surface area contributed by atoms with Crippen molar-refractivity contribution in [1.82, 2.24) is 19.9 Å². The van der Waals surface area contributed by atoms with E-state index in [1.165, 1.54) is 5.56 Å². The van der Waals surface area contributed by atoms with Crippen LogP contribution >= 0.6 is 0 Å². The van der Waals surface area contributed by atoms with E-state index < -0.39 is 0 Å². The van der Waals surface area contributed by atoms with Gasteiger partial charge in [0.25, 0.3) is 0 Å². The number of aromatic nitrogens is 4. The number of ether oxygens (including phenoxy) is 1. The largest absolute Gasteiger partial charge is 0.494 e. The van der Waals surface area contributed by atoms with Gasteiger partial charge in [0.15, 0.2) is 0 Å². The Hall–Kier alpha value is -4.13. The molecule has 0 saturated carbocycles. The molecule has 0 bridgehead atoms. The third kappa shape index (κ3) is 3.48. The molecule has 0 radical (unpaired) electrons. The summed E-state index contributed by atoms with van der Waals surface area (Å²) in [7, 11) is 1.64. The van der Waals surface area contributed by atoms with E-state index in [-0.39, 0.29) is 0 Å². The monoisotopic (exact) mass is 396 g/mol. The SMILES string of the molecule is COc1cccc2c(NCc3ccccc3)nc(Nc3nc4ccccc4[nH]3)nc12. The molecule has 3 aromatic carbocycles. The summed E-state index contributed by atoms with van der Waals surface area (Å²) in [6.07, 6.45) is 0. The van der Waals surface area contributed by atoms with Crippen LogP contribution in [-0.4, -0.2) is 27.0 Å². The Morgan fingerprint density at radius 1 is 0.867 bits per heavy atom. The van der Waals surface area contributed by atoms with Gasteiger partial charge >= 0.3 is 0 Å². The Labute approximate surface area is 173 Å². The maximum Gasteiger partial charge on any atom is 0.232 e. The van der Waals surface area contributed by atoms with Gasteiger partial charge in [-0.05, 0) is 29.8 Å². The summed E-state index contributed by atoms with van der Waals surface area (Å²) in [5.74, 6) is 2.42. The summed E-state index contributed by atoms with van der Waals surface area (Å²) in [6, 6.07) is 23.8. The number of benzene rings is 3. The molecule has 0 unspecified atom stereocenters. The maximum absolute atomic E-state index is 5.53. The van der Waals surface area contributed by atoms with Crippen molar-refractivity contribution in [3.63, 3.8) is 0 Å². The minimum Gasteiger partial charge on any atom is -0.494 e. The lowest BCUT2D eigenvalue weighted by Gasteiger charge is -2.13. The number of hydrogen-bond donors (Lipinski definition) is 3. The average molecular weight is 396 g/mol. The lowest BCUT2D eigenvalue weighted by Crippen LogP contribution is -2.06. The van der Waals surface area contributed by atoms with Crippen LogP contribution in [0.3, 0.4) is 0 Å². The van der Waals surface area contributed by atoms with E-state index in [4.69, 9.17) is 9.72 Å². The fraction of sp³-hybridized carbons (Fsp3) is 0.0870. The number of imidazole rings is 1. The fourth-order valence-electron chi connectivity index (χ4n) is 3.38. The first-order valence-electron chi connectivity index (χ1n) is 9.64. The van der Waals surface area contributed by atoms with Gasteiger partial charge < -0.3 is 15.0 Å². The van der Waals surface area contributed by atoms with Crippen molar-refractivity contribution in [1.29, 1.82) is 0 Å². The highest BCUT2D eigenvalue weighted by atomic mass is 16.5. The van der Waals surface area contributed by atoms with Crippen molar-refractivity contribution in [3.05, 3.63) is 78.4 Å². The van der Waals surface area contributed by atoms with Crippen LogP contribution in [0.5, 0.6) is 5.75 Å². The smallest absolute Gasteiger partial charge is 0.232 e. The van der Waals surface area contributed by atoms with Crippen molar-refractivity contribution < 1.29 is 4.74 Å². The molecule has 5 aromatic rings. The van der Waals surface area contributed by atoms with Gasteiger partial charge in [0.2, 0.25) is 11.9 Å². The second-order valence-electron chi connectivity index (χ2n) is 6.82. The van der Waals surface area contributed by atoms with Crippen molar-refractivity contribution in [3.8, 4) is 5.75 Å². The molecule has 5 rings (SSSR count). The molecule has 0 aliphatic carbocycles. The van der Waals surface area contributed by atoms with E-state index in [9.17, 15) is 0 Å². The number of H-pyrrole nitrogens is 1. The van der Waals surface area contributed by atoms with Crippen molar-refractivity contribution >= 4 is 39.7 Å². The van der Waals surface area contributed by atoms with E-state index in [1.807, 2.05) is 60.7 Å². The fourth-order valence-corrected chi connectivity index (χ4v) is 3.38. The van der Waals surface area contributed by atoms with Gasteiger partial charge in [0.1, 0.15) is 17.1 Å². The van der Waals surface area contributed by atoms with Gasteiger partial charge in [0.05, 0.1) is 18.1 Å². The molecule has 0 aliphatic rings. The quantitative estimate of drug-likeness (QED) is 0.379. The molecule has 7 nitrogen and oxygen atoms in total. The van der Waals surface area contributed by atoms with E-state index in [0.29, 0.717) is 24.2 Å². The zero-order valence-electron chi connectivity index (χ0n) is 16.4. The number of hydrogen-bond acceptors (Lipinski definition) is 6. The number of nitrogens with one attached hydrogen (secondary N) is 3. The van der Waals surface area contributed by atoms with Gasteiger partial charge in [-0.3, -0.25) is 5.32 Å². The highest BCUT2D eigenvalue weighted by Crippen LogP contribution is 2.30. The average Bonchev–Trinajstić information content (AvgIpc) is 3.20. The van der Waals surface area contributed by atoms with Crippen LogP contribution in [0.15, 0.2) is 72.8 Å². The van der Waals surface area contributed by atoms with Crippen LogP contribution in [0.1, 0.15) is 5.56 Å². The third-order valence-electron chi connectivity index (χ3n) is 4.83. The molecule has 0 fully saturated rings. The summed E-state index contributed by atoms with van der Waals surface area (Å²) in [5, 5.41) is 7.51. The predicted octanol–water partition coefficient (Wildman–Crippen LogP) is 4.87. The molecule has 0 atom stereocenters. The minimum atomic E-state index is 0.432. The maximum atomic E-state index is 5.53. The number of para-hydroxylation sites is 3. The highest BCUT2D eigenvalue weighted by molar-refractivity contribution is 5.94. The summed E-state index contributed by atoms with van der Waals surface area (Å²) in [5.41, 5.74) is 3.71. The van der Waals surface area contributed by atoms with Crippen LogP contribution in [-0.2, 0) is 6.54 Å². The Morgan fingerprint density at radius 2 is 1.70 bits per heavy atom. The van der Waals surface area contributed by atoms with Gasteiger partial charge in [-0.2, -0.15) is 4.98 Å². The van der Waals surface area contributed by atoms with E-state index >= 15 is 0 Å². The zero-order chi connectivity index (χ0) is 20.3. The minimum absolute atomic E-state index is 0.432. The van der Waals surface area contributed by atoms with E-state index in [1.54, 1.807) is 7.11 Å². The molecule has 0 spiro atoms. The molecule has 2 heterocycles. The van der Waals surface area contributed by atoms with Crippen LogP contribution < -0.4 is 15.4 Å². The summed E-state index contributed by atoms with van der Waals surface area (Å²) >= 11 is 0. The molecular formula is C23H20N6O. The van der Waals surface area contributed by atoms with Crippen molar-refractivity contribution in [2.75, 3.05) is 17.7 Å². The first kappa shape index (κ1) is 17.9. The first-order valence-corrected chi connectivity index (χ1v) is 9.64. The first-order chi connectivity index (χ1) is 14.8. The summed E-state index contributed by atoms with van der Waals surface area (Å²) in [6.45, 7) is 0.647. The standard InChI is InChI=1S/C23H20N6O/c1-30-19-13-7-10-16-20(19)27-23(28-21(16)24-14-15-8-3-2-4-9-15)29-22-25-17-11-5-6-12-18(17)26-22/h2-13H,14H2,1H3,(H3,24,25,26,27,28,29). The number of aromatic amines is 1. The lowest BCUT2D eigenvalue weighted by molar-refractivity contribution is 0.419. The van der Waals surface area contributed by atoms with Crippen LogP contribution in [0, 0.1) is 0 Å². The number of methoxy groups -OCH3 is 1. The van der Waals surface area contributed by atoms with Crippen LogP contribution in [0.4, 0.5) is 17.7 Å². The molecule has 3 N–H and O–H groups in total. The van der Waals surface area contributed by atoms with E-state index in [0.717, 1.165) is 27.8 Å². The number of nitrogens with zero attached hydrogens (tertiary/aromatic N) is 3. The highest BCUT2D eigenvalue weighted by Gasteiger charge is 2.13. The molecule has 148 valence electrons. The number of anilines is 3. The van der Waals surface area contributed by atoms with Crippen molar-refractivity contribution in [2.45, 2.75) is 6.54 Å². The number of rotatable bonds is 6. The molecule has 2 aromatic heterocycles. The van der Waals surface area contributed by atoms with E-state index in [2.05, 4.69) is 37.7 Å². The predicted molar refractivity (Wildman–Crippen MR) is 119 cm³/mol. The zero-order valence-corrected chi connectivity index (χ0v) is 16.4. The van der Waals surface area contributed by atoms with Gasteiger partial charge in [-0.15, -0.1) is 0 Å².